The lowest BCUT2D eigenvalue weighted by molar-refractivity contribution is 0.0993. The van der Waals surface area contributed by atoms with Crippen LogP contribution in [0.4, 0.5) is 10.1 Å². The first-order valence-electron chi connectivity index (χ1n) is 6.53. The van der Waals surface area contributed by atoms with E-state index < -0.39 is 0 Å². The van der Waals surface area contributed by atoms with Crippen molar-refractivity contribution >= 4 is 22.5 Å². The Hall–Kier alpha value is -2.75. The van der Waals surface area contributed by atoms with Gasteiger partial charge in [-0.3, -0.25) is 9.78 Å². The number of aromatic nitrogens is 1. The van der Waals surface area contributed by atoms with E-state index in [1.807, 2.05) is 30.3 Å². The summed E-state index contributed by atoms with van der Waals surface area (Å²) in [5.74, 6) is -0.523. The monoisotopic (exact) mass is 280 g/mol. The molecule has 0 saturated heterocycles. The molecule has 0 bridgehead atoms. The van der Waals surface area contributed by atoms with E-state index in [-0.39, 0.29) is 11.7 Å². The van der Waals surface area contributed by atoms with E-state index in [1.54, 1.807) is 24.1 Å². The molecule has 3 nitrogen and oxygen atoms in total. The van der Waals surface area contributed by atoms with Crippen molar-refractivity contribution in [3.8, 4) is 0 Å². The van der Waals surface area contributed by atoms with Crippen LogP contribution < -0.4 is 4.90 Å². The van der Waals surface area contributed by atoms with Gasteiger partial charge >= 0.3 is 0 Å². The summed E-state index contributed by atoms with van der Waals surface area (Å²) in [6.45, 7) is 0. The molecular weight excluding hydrogens is 267 g/mol. The third-order valence-corrected chi connectivity index (χ3v) is 3.34. The number of rotatable bonds is 2. The molecule has 3 rings (SSSR count). The van der Waals surface area contributed by atoms with E-state index in [2.05, 4.69) is 4.98 Å². The van der Waals surface area contributed by atoms with Crippen LogP contribution in [0.15, 0.2) is 60.8 Å². The summed E-state index contributed by atoms with van der Waals surface area (Å²) in [7, 11) is 1.70. The van der Waals surface area contributed by atoms with E-state index >= 15 is 0 Å². The van der Waals surface area contributed by atoms with Crippen LogP contribution in [-0.2, 0) is 0 Å². The highest BCUT2D eigenvalue weighted by Crippen LogP contribution is 2.18. The zero-order valence-corrected chi connectivity index (χ0v) is 11.5. The summed E-state index contributed by atoms with van der Waals surface area (Å²) >= 11 is 0. The predicted octanol–water partition coefficient (Wildman–Crippen LogP) is 3.65. The molecule has 104 valence electrons. The number of amides is 1. The molecule has 0 spiro atoms. The molecule has 0 fully saturated rings. The van der Waals surface area contributed by atoms with Crippen LogP contribution in [0.2, 0.25) is 0 Å². The van der Waals surface area contributed by atoms with Crippen molar-refractivity contribution in [1.82, 2.24) is 4.98 Å². The minimum Gasteiger partial charge on any atom is -0.311 e. The number of hydrogen-bond acceptors (Lipinski definition) is 2. The molecular formula is C17H13FN2O. The first kappa shape index (κ1) is 13.2. The molecule has 0 aliphatic rings. The minimum atomic E-state index is -0.342. The molecule has 1 aromatic heterocycles. The van der Waals surface area contributed by atoms with Gasteiger partial charge in [-0.15, -0.1) is 0 Å². The Bertz CT molecular complexity index is 802. The van der Waals surface area contributed by atoms with Gasteiger partial charge in [0.1, 0.15) is 5.82 Å². The van der Waals surface area contributed by atoms with Crippen molar-refractivity contribution in [2.45, 2.75) is 0 Å². The van der Waals surface area contributed by atoms with Gasteiger partial charge in [0.2, 0.25) is 0 Å². The first-order chi connectivity index (χ1) is 10.1. The summed E-state index contributed by atoms with van der Waals surface area (Å²) in [6, 6.07) is 15.3. The maximum Gasteiger partial charge on any atom is 0.259 e. The van der Waals surface area contributed by atoms with Crippen LogP contribution >= 0.6 is 0 Å². The molecule has 0 radical (unpaired) electrons. The average molecular weight is 280 g/mol. The Morgan fingerprint density at radius 3 is 2.62 bits per heavy atom. The van der Waals surface area contributed by atoms with E-state index in [1.165, 1.54) is 18.3 Å². The largest absolute Gasteiger partial charge is 0.311 e. The second-order valence-corrected chi connectivity index (χ2v) is 4.76. The topological polar surface area (TPSA) is 33.2 Å². The summed E-state index contributed by atoms with van der Waals surface area (Å²) < 4.78 is 13.3. The van der Waals surface area contributed by atoms with Gasteiger partial charge in [-0.1, -0.05) is 18.2 Å². The highest BCUT2D eigenvalue weighted by molar-refractivity contribution is 6.07. The Balaban J connectivity index is 1.98. The van der Waals surface area contributed by atoms with E-state index in [0.717, 1.165) is 5.69 Å². The van der Waals surface area contributed by atoms with E-state index in [0.29, 0.717) is 16.5 Å². The van der Waals surface area contributed by atoms with Crippen molar-refractivity contribution in [3.63, 3.8) is 0 Å². The van der Waals surface area contributed by atoms with Crippen LogP contribution in [0.25, 0.3) is 10.9 Å². The number of fused-ring (bicyclic) bond motifs is 1. The number of benzene rings is 2. The maximum absolute atomic E-state index is 13.3. The second kappa shape index (κ2) is 5.32. The van der Waals surface area contributed by atoms with Crippen LogP contribution in [0.1, 0.15) is 10.4 Å². The fraction of sp³-hybridized carbons (Fsp3) is 0.0588. The van der Waals surface area contributed by atoms with E-state index in [9.17, 15) is 9.18 Å². The Kier molecular flexibility index (Phi) is 3.36. The fourth-order valence-electron chi connectivity index (χ4n) is 2.18. The third kappa shape index (κ3) is 2.60. The predicted molar refractivity (Wildman–Crippen MR) is 80.9 cm³/mol. The van der Waals surface area contributed by atoms with Crippen LogP contribution in [0.5, 0.6) is 0 Å². The molecule has 0 atom stereocenters. The molecule has 2 aromatic carbocycles. The van der Waals surface area contributed by atoms with Gasteiger partial charge in [-0.25, -0.2) is 4.39 Å². The summed E-state index contributed by atoms with van der Waals surface area (Å²) in [4.78, 5) is 18.2. The highest BCUT2D eigenvalue weighted by Gasteiger charge is 2.14. The molecule has 3 aromatic rings. The van der Waals surface area contributed by atoms with Crippen molar-refractivity contribution < 1.29 is 9.18 Å². The number of carbonyl (C=O) groups excluding carboxylic acids is 1. The number of carbonyl (C=O) groups is 1. The number of hydrogen-bond donors (Lipinski definition) is 0. The van der Waals surface area contributed by atoms with Gasteiger partial charge in [0.25, 0.3) is 5.91 Å². The summed E-state index contributed by atoms with van der Waals surface area (Å²) in [5, 5.41) is 0.613. The van der Waals surface area contributed by atoms with Gasteiger partial charge in [0.15, 0.2) is 0 Å². The number of pyridine rings is 1. The SMILES string of the molecule is CN(C(=O)c1cnc2ccc(F)cc2c1)c1ccccc1. The van der Waals surface area contributed by atoms with Gasteiger partial charge < -0.3 is 4.90 Å². The van der Waals surface area contributed by atoms with Crippen LogP contribution in [-0.4, -0.2) is 17.9 Å². The molecule has 0 unspecified atom stereocenters. The van der Waals surface area contributed by atoms with Gasteiger partial charge in [0, 0.05) is 24.3 Å². The number of halogens is 1. The lowest BCUT2D eigenvalue weighted by Crippen LogP contribution is -2.26. The molecule has 4 heteroatoms. The molecule has 0 aliphatic carbocycles. The minimum absolute atomic E-state index is 0.181. The standard InChI is InChI=1S/C17H13FN2O/c1-20(15-5-3-2-4-6-15)17(21)13-9-12-10-14(18)7-8-16(12)19-11-13/h2-11H,1H3. The Morgan fingerprint density at radius 1 is 1.10 bits per heavy atom. The number of anilines is 1. The molecule has 0 saturated carbocycles. The summed E-state index contributed by atoms with van der Waals surface area (Å²) in [5.41, 5.74) is 1.89. The molecule has 0 N–H and O–H groups in total. The zero-order chi connectivity index (χ0) is 14.8. The Labute approximate surface area is 121 Å². The van der Waals surface area contributed by atoms with Crippen LogP contribution in [0, 0.1) is 5.82 Å². The van der Waals surface area contributed by atoms with E-state index in [4.69, 9.17) is 0 Å². The van der Waals surface area contributed by atoms with Crippen LogP contribution in [0.3, 0.4) is 0 Å². The lowest BCUT2D eigenvalue weighted by Gasteiger charge is -2.17. The lowest BCUT2D eigenvalue weighted by atomic mass is 10.1. The average Bonchev–Trinajstić information content (AvgIpc) is 2.53. The third-order valence-electron chi connectivity index (χ3n) is 3.34. The summed E-state index contributed by atoms with van der Waals surface area (Å²) in [6.07, 6.45) is 1.52. The molecule has 1 heterocycles. The maximum atomic E-state index is 13.3. The van der Waals surface area contributed by atoms with Gasteiger partial charge in [-0.2, -0.15) is 0 Å². The van der Waals surface area contributed by atoms with Crippen molar-refractivity contribution in [1.29, 1.82) is 0 Å². The highest BCUT2D eigenvalue weighted by atomic mass is 19.1. The molecule has 21 heavy (non-hydrogen) atoms. The van der Waals surface area contributed by atoms with Gasteiger partial charge in [-0.05, 0) is 36.4 Å². The first-order valence-corrected chi connectivity index (χ1v) is 6.53. The van der Waals surface area contributed by atoms with Crippen molar-refractivity contribution in [3.05, 3.63) is 72.2 Å². The van der Waals surface area contributed by atoms with Gasteiger partial charge in [0.05, 0.1) is 11.1 Å². The quantitative estimate of drug-likeness (QED) is 0.718. The second-order valence-electron chi connectivity index (χ2n) is 4.76. The number of para-hydroxylation sites is 1. The number of nitrogens with zero attached hydrogens (tertiary/aromatic N) is 2. The normalized spacial score (nSPS) is 10.6. The fourth-order valence-corrected chi connectivity index (χ4v) is 2.18. The smallest absolute Gasteiger partial charge is 0.259 e. The van der Waals surface area contributed by atoms with Crippen molar-refractivity contribution in [2.75, 3.05) is 11.9 Å². The zero-order valence-electron chi connectivity index (χ0n) is 11.5. The Morgan fingerprint density at radius 2 is 1.86 bits per heavy atom. The molecule has 0 aliphatic heterocycles. The molecule has 1 amide bonds. The van der Waals surface area contributed by atoms with Crippen molar-refractivity contribution in [2.24, 2.45) is 0 Å².